The number of benzene rings is 1. The zero-order chi connectivity index (χ0) is 30.4. The van der Waals surface area contributed by atoms with Crippen LogP contribution in [0.25, 0.3) is 0 Å². The summed E-state index contributed by atoms with van der Waals surface area (Å²) in [6.07, 6.45) is 4.38. The van der Waals surface area contributed by atoms with E-state index in [1.165, 1.54) is 24.5 Å². The average Bonchev–Trinajstić information content (AvgIpc) is 3.38. The highest BCUT2D eigenvalue weighted by molar-refractivity contribution is 5.97. The van der Waals surface area contributed by atoms with Gasteiger partial charge in [-0.15, -0.1) is 10.2 Å². The molecule has 232 valence electrons. The molecule has 1 atom stereocenters. The van der Waals surface area contributed by atoms with Crippen molar-refractivity contribution >= 4 is 11.7 Å². The second-order valence-corrected chi connectivity index (χ2v) is 12.6. The van der Waals surface area contributed by atoms with Crippen LogP contribution in [0.4, 0.5) is 10.2 Å². The highest BCUT2D eigenvalue weighted by Gasteiger charge is 2.50. The Morgan fingerprint density at radius 3 is 2.62 bits per heavy atom. The fourth-order valence-corrected chi connectivity index (χ4v) is 6.47. The Labute approximate surface area is 249 Å². The second kappa shape index (κ2) is 14.1. The number of carbonyl (C=O) groups is 1. The maximum absolute atomic E-state index is 14.3. The molecule has 1 unspecified atom stereocenters. The number of likely N-dealkylation sites (tertiary alicyclic amines) is 1. The minimum absolute atomic E-state index is 0.0438. The van der Waals surface area contributed by atoms with Crippen LogP contribution in [0.5, 0.6) is 11.6 Å². The van der Waals surface area contributed by atoms with Gasteiger partial charge in [-0.25, -0.2) is 9.37 Å². The predicted molar refractivity (Wildman–Crippen MR) is 161 cm³/mol. The molecule has 0 aliphatic carbocycles. The van der Waals surface area contributed by atoms with E-state index in [0.29, 0.717) is 24.3 Å². The largest absolute Gasteiger partial charge is 0.434 e. The van der Waals surface area contributed by atoms with Gasteiger partial charge in [-0.05, 0) is 77.7 Å². The van der Waals surface area contributed by atoms with E-state index in [0.717, 1.165) is 58.5 Å². The molecule has 11 heteroatoms. The van der Waals surface area contributed by atoms with Gasteiger partial charge in [-0.2, -0.15) is 0 Å². The summed E-state index contributed by atoms with van der Waals surface area (Å²) in [7, 11) is 2.13. The Kier molecular flexibility index (Phi) is 10.7. The molecule has 2 aromatic rings. The highest BCUT2D eigenvalue weighted by Crippen LogP contribution is 2.44. The molecule has 1 aromatic carbocycles. The Morgan fingerprint density at radius 1 is 1.19 bits per heavy atom. The number of aliphatic hydroxyl groups excluding tert-OH is 1. The molecule has 0 bridgehead atoms. The van der Waals surface area contributed by atoms with Gasteiger partial charge in [0.1, 0.15) is 17.9 Å². The zero-order valence-corrected chi connectivity index (χ0v) is 26.1. The van der Waals surface area contributed by atoms with Gasteiger partial charge in [0.15, 0.2) is 5.82 Å². The third kappa shape index (κ3) is 7.36. The van der Waals surface area contributed by atoms with Gasteiger partial charge in [0, 0.05) is 63.4 Å². The number of aromatic nitrogens is 3. The number of amides is 1. The van der Waals surface area contributed by atoms with Gasteiger partial charge < -0.3 is 24.5 Å². The molecule has 1 amide bonds. The van der Waals surface area contributed by atoms with Crippen molar-refractivity contribution in [1.82, 2.24) is 29.9 Å². The van der Waals surface area contributed by atoms with Crippen LogP contribution < -0.4 is 9.64 Å². The molecule has 10 nitrogen and oxygen atoms in total. The van der Waals surface area contributed by atoms with Crippen molar-refractivity contribution in [2.24, 2.45) is 11.3 Å². The molecule has 2 saturated heterocycles. The molecule has 1 spiro atoms. The normalized spacial score (nSPS) is 17.4. The fourth-order valence-electron chi connectivity index (χ4n) is 6.47. The lowest BCUT2D eigenvalue weighted by molar-refractivity contribution is -0.0354. The summed E-state index contributed by atoms with van der Waals surface area (Å²) >= 11 is 0. The molecular weight excluding hydrogens is 537 g/mol. The lowest BCUT2D eigenvalue weighted by Gasteiger charge is -2.53. The SMILES string of the molecule is CCN(C(=O)c1cc(F)ccc1Oc1nncnc1N1CCC2(C1)CN(C(CCN(C)CCCO)C(C)C)C2)C(C)C. The van der Waals surface area contributed by atoms with Crippen molar-refractivity contribution in [3.05, 3.63) is 35.9 Å². The Bertz CT molecular complexity index is 1190. The van der Waals surface area contributed by atoms with E-state index in [2.05, 4.69) is 50.8 Å². The van der Waals surface area contributed by atoms with Crippen LogP contribution in [0.1, 0.15) is 64.2 Å². The first-order valence-electron chi connectivity index (χ1n) is 15.3. The first-order valence-corrected chi connectivity index (χ1v) is 15.3. The summed E-state index contributed by atoms with van der Waals surface area (Å²) < 4.78 is 20.4. The van der Waals surface area contributed by atoms with Gasteiger partial charge >= 0.3 is 0 Å². The maximum atomic E-state index is 14.3. The van der Waals surface area contributed by atoms with Crippen LogP contribution in [0.15, 0.2) is 24.5 Å². The molecule has 2 aliphatic rings. The van der Waals surface area contributed by atoms with Crippen LogP contribution in [0, 0.1) is 17.2 Å². The summed E-state index contributed by atoms with van der Waals surface area (Å²) in [5, 5.41) is 17.3. The summed E-state index contributed by atoms with van der Waals surface area (Å²) in [4.78, 5) is 26.6. The standard InChI is InChI=1S/C31H48FN7O3/c1-7-39(23(4)5)30(41)25-17-24(32)9-10-27(25)42-29-28(33-21-34-35-29)37-15-12-31(18-37)19-38(20-31)26(22(2)3)11-14-36(6)13-8-16-40/h9-10,17,21-23,26,40H,7-8,11-16,18-20H2,1-6H3. The number of hydrogen-bond donors (Lipinski definition) is 1. The summed E-state index contributed by atoms with van der Waals surface area (Å²) in [5.74, 6) is 0.792. The van der Waals surface area contributed by atoms with Gasteiger partial charge in [0.2, 0.25) is 0 Å². The molecule has 2 fully saturated rings. The van der Waals surface area contributed by atoms with E-state index in [-0.39, 0.29) is 41.2 Å². The van der Waals surface area contributed by atoms with Crippen molar-refractivity contribution in [3.63, 3.8) is 0 Å². The number of ether oxygens (including phenoxy) is 1. The minimum atomic E-state index is -0.504. The van der Waals surface area contributed by atoms with Crippen LogP contribution in [0.3, 0.4) is 0 Å². The van der Waals surface area contributed by atoms with E-state index in [1.807, 2.05) is 20.8 Å². The maximum Gasteiger partial charge on any atom is 0.282 e. The molecule has 1 N–H and O–H groups in total. The quantitative estimate of drug-likeness (QED) is 0.354. The number of anilines is 1. The predicted octanol–water partition coefficient (Wildman–Crippen LogP) is 3.91. The molecular formula is C31H48FN7O3. The summed E-state index contributed by atoms with van der Waals surface area (Å²) in [5.41, 5.74) is 0.338. The first-order chi connectivity index (χ1) is 20.1. The summed E-state index contributed by atoms with van der Waals surface area (Å²) in [6.45, 7) is 16.8. The second-order valence-electron chi connectivity index (χ2n) is 12.6. The van der Waals surface area contributed by atoms with Gasteiger partial charge in [0.25, 0.3) is 11.8 Å². The van der Waals surface area contributed by atoms with E-state index >= 15 is 0 Å². The molecule has 0 saturated carbocycles. The topological polar surface area (TPSA) is 98.2 Å². The van der Waals surface area contributed by atoms with Crippen LogP contribution >= 0.6 is 0 Å². The third-order valence-corrected chi connectivity index (χ3v) is 8.73. The average molecular weight is 586 g/mol. The smallest absolute Gasteiger partial charge is 0.282 e. The Balaban J connectivity index is 1.44. The lowest BCUT2D eigenvalue weighted by Crippen LogP contribution is -2.62. The van der Waals surface area contributed by atoms with Crippen molar-refractivity contribution in [2.75, 3.05) is 64.4 Å². The molecule has 3 heterocycles. The van der Waals surface area contributed by atoms with E-state index in [1.54, 1.807) is 4.90 Å². The van der Waals surface area contributed by atoms with E-state index in [4.69, 9.17) is 9.84 Å². The van der Waals surface area contributed by atoms with Crippen molar-refractivity contribution in [3.8, 4) is 11.6 Å². The van der Waals surface area contributed by atoms with Crippen molar-refractivity contribution in [2.45, 2.75) is 66.0 Å². The number of halogens is 1. The molecule has 42 heavy (non-hydrogen) atoms. The fraction of sp³-hybridized carbons (Fsp3) is 0.677. The molecule has 2 aliphatic heterocycles. The van der Waals surface area contributed by atoms with E-state index in [9.17, 15) is 9.18 Å². The number of hydrogen-bond acceptors (Lipinski definition) is 9. The third-order valence-electron chi connectivity index (χ3n) is 8.73. The highest BCUT2D eigenvalue weighted by atomic mass is 19.1. The monoisotopic (exact) mass is 585 g/mol. The van der Waals surface area contributed by atoms with E-state index < -0.39 is 5.82 Å². The minimum Gasteiger partial charge on any atom is -0.434 e. The molecule has 0 radical (unpaired) electrons. The number of rotatable bonds is 14. The van der Waals surface area contributed by atoms with Crippen LogP contribution in [-0.4, -0.2) is 112 Å². The van der Waals surface area contributed by atoms with Gasteiger partial charge in [-0.3, -0.25) is 9.69 Å². The summed E-state index contributed by atoms with van der Waals surface area (Å²) in [6, 6.07) is 4.44. The van der Waals surface area contributed by atoms with Gasteiger partial charge in [-0.1, -0.05) is 13.8 Å². The molecule has 4 rings (SSSR count). The number of carbonyl (C=O) groups excluding carboxylic acids is 1. The number of nitrogens with zero attached hydrogens (tertiary/aromatic N) is 7. The van der Waals surface area contributed by atoms with Crippen molar-refractivity contribution < 1.29 is 19.0 Å². The van der Waals surface area contributed by atoms with Crippen LogP contribution in [-0.2, 0) is 0 Å². The van der Waals surface area contributed by atoms with Crippen molar-refractivity contribution in [1.29, 1.82) is 0 Å². The van der Waals surface area contributed by atoms with Gasteiger partial charge in [0.05, 0.1) is 5.56 Å². The molecule has 1 aromatic heterocycles. The number of aliphatic hydroxyl groups is 1. The zero-order valence-electron chi connectivity index (χ0n) is 26.1. The lowest BCUT2D eigenvalue weighted by atomic mass is 9.76. The first kappa shape index (κ1) is 32.0. The Hall–Kier alpha value is -2.89. The Morgan fingerprint density at radius 2 is 1.95 bits per heavy atom. The van der Waals surface area contributed by atoms with Crippen LogP contribution in [0.2, 0.25) is 0 Å².